The van der Waals surface area contributed by atoms with Crippen molar-refractivity contribution >= 4 is 0 Å². The molecule has 0 saturated heterocycles. The van der Waals surface area contributed by atoms with Gasteiger partial charge in [-0.15, -0.1) is 0 Å². The van der Waals surface area contributed by atoms with Crippen LogP contribution in [0.5, 0.6) is 0 Å². The summed E-state index contributed by atoms with van der Waals surface area (Å²) >= 11 is 0. The second-order valence-electron chi connectivity index (χ2n) is 7.09. The third-order valence-electron chi connectivity index (χ3n) is 4.38. The lowest BCUT2D eigenvalue weighted by Crippen LogP contribution is -2.30. The summed E-state index contributed by atoms with van der Waals surface area (Å²) in [5.41, 5.74) is 12.2. The quantitative estimate of drug-likeness (QED) is 0.847. The summed E-state index contributed by atoms with van der Waals surface area (Å²) in [6.45, 7) is 15.7. The van der Waals surface area contributed by atoms with Crippen molar-refractivity contribution in [3.8, 4) is 0 Å². The van der Waals surface area contributed by atoms with E-state index in [1.54, 1.807) is 0 Å². The zero-order chi connectivity index (χ0) is 14.8. The molecule has 2 unspecified atom stereocenters. The number of rotatable bonds is 4. The van der Waals surface area contributed by atoms with E-state index in [1.165, 1.54) is 22.3 Å². The first-order valence-electron chi connectivity index (χ1n) is 7.53. The molecular formula is C18H31N. The lowest BCUT2D eigenvalue weighted by Gasteiger charge is -2.25. The molecular weight excluding hydrogens is 230 g/mol. The first kappa shape index (κ1) is 16.2. The summed E-state index contributed by atoms with van der Waals surface area (Å²) in [5.74, 6) is 0.584. The first-order chi connectivity index (χ1) is 8.66. The maximum absolute atomic E-state index is 6.32. The lowest BCUT2D eigenvalue weighted by atomic mass is 9.82. The molecule has 1 rings (SSSR count). The summed E-state index contributed by atoms with van der Waals surface area (Å²) in [4.78, 5) is 0. The molecule has 0 aromatic heterocycles. The molecule has 19 heavy (non-hydrogen) atoms. The van der Waals surface area contributed by atoms with Gasteiger partial charge in [0.1, 0.15) is 0 Å². The smallest absolute Gasteiger partial charge is 0.0105 e. The SMILES string of the molecule is CCC(C)C(N)Cc1c(C)cc(C(C)(C)C)cc1C. The summed E-state index contributed by atoms with van der Waals surface area (Å²) in [5, 5.41) is 0. The van der Waals surface area contributed by atoms with Crippen molar-refractivity contribution < 1.29 is 0 Å². The Bertz CT molecular complexity index is 403. The molecule has 1 nitrogen and oxygen atoms in total. The highest BCUT2D eigenvalue weighted by Crippen LogP contribution is 2.28. The van der Waals surface area contributed by atoms with Gasteiger partial charge in [-0.3, -0.25) is 0 Å². The summed E-state index contributed by atoms with van der Waals surface area (Å²) in [6, 6.07) is 4.94. The molecule has 1 aromatic carbocycles. The van der Waals surface area contributed by atoms with Gasteiger partial charge in [0, 0.05) is 6.04 Å². The highest BCUT2D eigenvalue weighted by Gasteiger charge is 2.18. The second-order valence-corrected chi connectivity index (χ2v) is 7.09. The normalized spacial score (nSPS) is 15.4. The monoisotopic (exact) mass is 261 g/mol. The number of hydrogen-bond donors (Lipinski definition) is 1. The highest BCUT2D eigenvalue weighted by atomic mass is 14.6. The van der Waals surface area contributed by atoms with E-state index in [9.17, 15) is 0 Å². The van der Waals surface area contributed by atoms with Crippen LogP contribution in [-0.2, 0) is 11.8 Å². The van der Waals surface area contributed by atoms with Crippen LogP contribution < -0.4 is 5.73 Å². The maximum Gasteiger partial charge on any atom is 0.0105 e. The Kier molecular flexibility index (Phi) is 5.20. The number of nitrogens with two attached hydrogens (primary N) is 1. The van der Waals surface area contributed by atoms with Gasteiger partial charge in [0.05, 0.1) is 0 Å². The molecule has 0 aliphatic heterocycles. The van der Waals surface area contributed by atoms with E-state index < -0.39 is 0 Å². The van der Waals surface area contributed by atoms with Crippen molar-refractivity contribution in [3.63, 3.8) is 0 Å². The van der Waals surface area contributed by atoms with E-state index in [4.69, 9.17) is 5.73 Å². The Balaban J connectivity index is 3.04. The first-order valence-corrected chi connectivity index (χ1v) is 7.53. The lowest BCUT2D eigenvalue weighted by molar-refractivity contribution is 0.439. The summed E-state index contributed by atoms with van der Waals surface area (Å²) in [6.07, 6.45) is 2.15. The van der Waals surface area contributed by atoms with Crippen LogP contribution in [0.15, 0.2) is 12.1 Å². The molecule has 0 radical (unpaired) electrons. The van der Waals surface area contributed by atoms with Gasteiger partial charge in [-0.05, 0) is 53.9 Å². The third-order valence-corrected chi connectivity index (χ3v) is 4.38. The topological polar surface area (TPSA) is 26.0 Å². The minimum absolute atomic E-state index is 0.215. The predicted octanol–water partition coefficient (Wildman–Crippen LogP) is 4.52. The molecule has 2 atom stereocenters. The fraction of sp³-hybridized carbons (Fsp3) is 0.667. The van der Waals surface area contributed by atoms with Gasteiger partial charge in [0.25, 0.3) is 0 Å². The molecule has 1 aromatic rings. The zero-order valence-corrected chi connectivity index (χ0v) is 13.8. The molecule has 0 heterocycles. The van der Waals surface area contributed by atoms with Crippen molar-refractivity contribution in [2.24, 2.45) is 11.7 Å². The van der Waals surface area contributed by atoms with Crippen LogP contribution >= 0.6 is 0 Å². The molecule has 0 spiro atoms. The summed E-state index contributed by atoms with van der Waals surface area (Å²) < 4.78 is 0. The van der Waals surface area contributed by atoms with Gasteiger partial charge in [-0.2, -0.15) is 0 Å². The average Bonchev–Trinajstić information content (AvgIpc) is 2.30. The molecule has 1 heteroatoms. The zero-order valence-electron chi connectivity index (χ0n) is 13.8. The molecule has 0 fully saturated rings. The van der Waals surface area contributed by atoms with Crippen LogP contribution in [0.25, 0.3) is 0 Å². The Hall–Kier alpha value is -0.820. The van der Waals surface area contributed by atoms with Crippen molar-refractivity contribution in [3.05, 3.63) is 34.4 Å². The van der Waals surface area contributed by atoms with Gasteiger partial charge in [0.15, 0.2) is 0 Å². The largest absolute Gasteiger partial charge is 0.327 e. The minimum atomic E-state index is 0.215. The van der Waals surface area contributed by atoms with Gasteiger partial charge in [-0.1, -0.05) is 53.2 Å². The third kappa shape index (κ3) is 4.07. The van der Waals surface area contributed by atoms with E-state index in [2.05, 4.69) is 60.6 Å². The van der Waals surface area contributed by atoms with Crippen molar-refractivity contribution in [1.29, 1.82) is 0 Å². The maximum atomic E-state index is 6.32. The van der Waals surface area contributed by atoms with Crippen LogP contribution in [0, 0.1) is 19.8 Å². The minimum Gasteiger partial charge on any atom is -0.327 e. The Morgan fingerprint density at radius 1 is 1.11 bits per heavy atom. The Morgan fingerprint density at radius 3 is 1.95 bits per heavy atom. The number of aryl methyl sites for hydroxylation is 2. The molecule has 0 aliphatic carbocycles. The van der Waals surface area contributed by atoms with E-state index in [0.29, 0.717) is 5.92 Å². The molecule has 0 saturated carbocycles. The molecule has 0 bridgehead atoms. The Labute approximate surface area is 119 Å². The number of hydrogen-bond acceptors (Lipinski definition) is 1. The van der Waals surface area contributed by atoms with E-state index in [-0.39, 0.29) is 11.5 Å². The van der Waals surface area contributed by atoms with Crippen LogP contribution in [0.4, 0.5) is 0 Å². The van der Waals surface area contributed by atoms with Gasteiger partial charge >= 0.3 is 0 Å². The summed E-state index contributed by atoms with van der Waals surface area (Å²) in [7, 11) is 0. The van der Waals surface area contributed by atoms with Gasteiger partial charge in [0.2, 0.25) is 0 Å². The van der Waals surface area contributed by atoms with E-state index in [0.717, 1.165) is 12.8 Å². The van der Waals surface area contributed by atoms with Crippen LogP contribution in [-0.4, -0.2) is 6.04 Å². The fourth-order valence-electron chi connectivity index (χ4n) is 2.49. The van der Waals surface area contributed by atoms with Crippen LogP contribution in [0.3, 0.4) is 0 Å². The average molecular weight is 261 g/mol. The van der Waals surface area contributed by atoms with Crippen LogP contribution in [0.2, 0.25) is 0 Å². The highest BCUT2D eigenvalue weighted by molar-refractivity contribution is 5.41. The number of benzene rings is 1. The van der Waals surface area contributed by atoms with Gasteiger partial charge in [-0.25, -0.2) is 0 Å². The Morgan fingerprint density at radius 2 is 1.58 bits per heavy atom. The van der Waals surface area contributed by atoms with Crippen molar-refractivity contribution in [2.75, 3.05) is 0 Å². The van der Waals surface area contributed by atoms with E-state index >= 15 is 0 Å². The molecule has 0 amide bonds. The van der Waals surface area contributed by atoms with Crippen molar-refractivity contribution in [1.82, 2.24) is 0 Å². The molecule has 0 aliphatic rings. The second kappa shape index (κ2) is 6.09. The van der Waals surface area contributed by atoms with Crippen LogP contribution in [0.1, 0.15) is 63.3 Å². The van der Waals surface area contributed by atoms with Gasteiger partial charge < -0.3 is 5.73 Å². The molecule has 2 N–H and O–H groups in total. The molecule has 108 valence electrons. The van der Waals surface area contributed by atoms with E-state index in [1.807, 2.05) is 0 Å². The predicted molar refractivity (Wildman–Crippen MR) is 85.8 cm³/mol. The standard InChI is InChI=1S/C18H31N/c1-8-12(2)17(19)11-16-13(3)9-15(10-14(16)4)18(5,6)7/h9-10,12,17H,8,11,19H2,1-7H3. The fourth-order valence-corrected chi connectivity index (χ4v) is 2.49. The van der Waals surface area contributed by atoms with Crippen molar-refractivity contribution in [2.45, 2.75) is 72.8 Å².